The lowest BCUT2D eigenvalue weighted by Crippen LogP contribution is -2.50. The summed E-state index contributed by atoms with van der Waals surface area (Å²) < 4.78 is 5.10. The molecule has 0 aromatic rings. The van der Waals surface area contributed by atoms with Gasteiger partial charge in [0.2, 0.25) is 5.91 Å². The molecule has 1 rings (SSSR count). The highest BCUT2D eigenvalue weighted by atomic mass is 16.5. The molecule has 0 saturated carbocycles. The van der Waals surface area contributed by atoms with Crippen molar-refractivity contribution in [1.29, 1.82) is 0 Å². The quantitative estimate of drug-likeness (QED) is 0.525. The Balaban J connectivity index is 2.67. The van der Waals surface area contributed by atoms with Crippen LogP contribution in [0.4, 0.5) is 0 Å². The number of carbonyl (C=O) groups excluding carboxylic acids is 2. The number of ether oxygens (including phenoxy) is 1. The molecule has 0 bridgehead atoms. The van der Waals surface area contributed by atoms with Crippen molar-refractivity contribution in [3.05, 3.63) is 12.2 Å². The van der Waals surface area contributed by atoms with Gasteiger partial charge in [-0.05, 0) is 13.3 Å². The van der Waals surface area contributed by atoms with E-state index < -0.39 is 0 Å². The predicted molar refractivity (Wildman–Crippen MR) is 51.5 cm³/mol. The van der Waals surface area contributed by atoms with Gasteiger partial charge in [0.05, 0.1) is 6.04 Å². The highest BCUT2D eigenvalue weighted by Crippen LogP contribution is 2.18. The van der Waals surface area contributed by atoms with Crippen LogP contribution in [0.3, 0.4) is 0 Å². The van der Waals surface area contributed by atoms with Gasteiger partial charge in [-0.15, -0.1) is 0 Å². The van der Waals surface area contributed by atoms with Crippen LogP contribution in [-0.2, 0) is 14.3 Å². The first-order valence-corrected chi connectivity index (χ1v) is 4.62. The Morgan fingerprint density at radius 2 is 2.21 bits per heavy atom. The summed E-state index contributed by atoms with van der Waals surface area (Å²) in [7, 11) is 0. The Labute approximate surface area is 83.3 Å². The maximum Gasteiger partial charge on any atom is 0.302 e. The number of hydrogen-bond acceptors (Lipinski definition) is 3. The Bertz CT molecular complexity index is 273. The highest BCUT2D eigenvalue weighted by Gasteiger charge is 2.31. The first kappa shape index (κ1) is 10.8. The van der Waals surface area contributed by atoms with Crippen LogP contribution in [-0.4, -0.2) is 24.0 Å². The molecule has 0 unspecified atom stereocenters. The van der Waals surface area contributed by atoms with Crippen LogP contribution in [0.5, 0.6) is 0 Å². The van der Waals surface area contributed by atoms with Crippen molar-refractivity contribution in [2.75, 3.05) is 0 Å². The van der Waals surface area contributed by atoms with E-state index in [0.717, 1.165) is 5.57 Å². The van der Waals surface area contributed by atoms with Gasteiger partial charge in [0.25, 0.3) is 0 Å². The van der Waals surface area contributed by atoms with Crippen LogP contribution in [0.2, 0.25) is 0 Å². The predicted octanol–water partition coefficient (Wildman–Crippen LogP) is 0.773. The molecule has 1 aliphatic rings. The monoisotopic (exact) mass is 197 g/mol. The van der Waals surface area contributed by atoms with Gasteiger partial charge in [0, 0.05) is 13.3 Å². The Morgan fingerprint density at radius 1 is 1.57 bits per heavy atom. The number of rotatable bonds is 2. The minimum absolute atomic E-state index is 0.0126. The Morgan fingerprint density at radius 3 is 2.71 bits per heavy atom. The summed E-state index contributed by atoms with van der Waals surface area (Å²) in [6, 6.07) is -0.236. The fraction of sp³-hybridized carbons (Fsp3) is 0.600. The van der Waals surface area contributed by atoms with Crippen LogP contribution >= 0.6 is 0 Å². The van der Waals surface area contributed by atoms with Gasteiger partial charge in [0.15, 0.2) is 0 Å². The molecule has 1 amide bonds. The molecule has 0 aromatic carbocycles. The molecule has 0 aliphatic carbocycles. The fourth-order valence-electron chi connectivity index (χ4n) is 1.56. The van der Waals surface area contributed by atoms with Crippen LogP contribution < -0.4 is 5.32 Å². The molecule has 1 fully saturated rings. The summed E-state index contributed by atoms with van der Waals surface area (Å²) in [6.45, 7) is 6.94. The van der Waals surface area contributed by atoms with Gasteiger partial charge in [-0.3, -0.25) is 9.59 Å². The molecule has 0 aromatic heterocycles. The minimum Gasteiger partial charge on any atom is -0.460 e. The Hall–Kier alpha value is -1.32. The van der Waals surface area contributed by atoms with Gasteiger partial charge < -0.3 is 10.1 Å². The molecule has 1 aliphatic heterocycles. The standard InChI is InChI=1S/C10H15NO3/c1-6(2)10-8(14-7(3)12)4-5-9(13)11-10/h8,10H,1,4-5H2,2-3H3,(H,11,13)/t8-,10+/m0/s1. The van der Waals surface area contributed by atoms with E-state index in [1.807, 2.05) is 6.92 Å². The zero-order valence-electron chi connectivity index (χ0n) is 8.50. The van der Waals surface area contributed by atoms with Gasteiger partial charge >= 0.3 is 5.97 Å². The average Bonchev–Trinajstić information content (AvgIpc) is 2.07. The van der Waals surface area contributed by atoms with Crippen LogP contribution in [0.1, 0.15) is 26.7 Å². The van der Waals surface area contributed by atoms with E-state index in [-0.39, 0.29) is 24.0 Å². The summed E-state index contributed by atoms with van der Waals surface area (Å²) in [4.78, 5) is 21.9. The molecular formula is C10H15NO3. The lowest BCUT2D eigenvalue weighted by molar-refractivity contribution is -0.150. The van der Waals surface area contributed by atoms with Crippen molar-refractivity contribution in [2.45, 2.75) is 38.8 Å². The van der Waals surface area contributed by atoms with Gasteiger partial charge in [0.1, 0.15) is 6.10 Å². The van der Waals surface area contributed by atoms with Gasteiger partial charge in [-0.25, -0.2) is 0 Å². The summed E-state index contributed by atoms with van der Waals surface area (Å²) in [5, 5.41) is 2.76. The normalized spacial score (nSPS) is 26.6. The summed E-state index contributed by atoms with van der Waals surface area (Å²) in [5.41, 5.74) is 0.810. The van der Waals surface area contributed by atoms with E-state index in [9.17, 15) is 9.59 Å². The molecule has 78 valence electrons. The molecule has 1 saturated heterocycles. The zero-order chi connectivity index (χ0) is 10.7. The second-order valence-corrected chi connectivity index (χ2v) is 3.58. The number of nitrogens with one attached hydrogen (secondary N) is 1. The van der Waals surface area contributed by atoms with Crippen molar-refractivity contribution < 1.29 is 14.3 Å². The molecule has 0 radical (unpaired) electrons. The number of hydrogen-bond donors (Lipinski definition) is 1. The minimum atomic E-state index is -0.322. The molecule has 14 heavy (non-hydrogen) atoms. The molecule has 4 nitrogen and oxygen atoms in total. The number of piperidine rings is 1. The molecule has 4 heteroatoms. The summed E-state index contributed by atoms with van der Waals surface area (Å²) in [5.74, 6) is -0.334. The van der Waals surface area contributed by atoms with Crippen molar-refractivity contribution in [3.63, 3.8) is 0 Å². The first-order chi connectivity index (χ1) is 6.50. The van der Waals surface area contributed by atoms with Crippen molar-refractivity contribution in [3.8, 4) is 0 Å². The third-order valence-electron chi connectivity index (χ3n) is 2.19. The van der Waals surface area contributed by atoms with E-state index in [2.05, 4.69) is 11.9 Å². The van der Waals surface area contributed by atoms with Crippen molar-refractivity contribution in [1.82, 2.24) is 5.32 Å². The van der Waals surface area contributed by atoms with E-state index in [1.165, 1.54) is 6.92 Å². The lowest BCUT2D eigenvalue weighted by atomic mass is 9.96. The fourth-order valence-corrected chi connectivity index (χ4v) is 1.56. The Kier molecular flexibility index (Phi) is 3.28. The number of carbonyl (C=O) groups is 2. The van der Waals surface area contributed by atoms with Crippen LogP contribution in [0.25, 0.3) is 0 Å². The van der Waals surface area contributed by atoms with Crippen molar-refractivity contribution in [2.24, 2.45) is 0 Å². The molecule has 2 atom stereocenters. The number of amides is 1. The summed E-state index contributed by atoms with van der Waals surface area (Å²) >= 11 is 0. The van der Waals surface area contributed by atoms with Gasteiger partial charge in [-0.2, -0.15) is 0 Å². The van der Waals surface area contributed by atoms with E-state index in [0.29, 0.717) is 12.8 Å². The van der Waals surface area contributed by atoms with E-state index in [1.54, 1.807) is 0 Å². The molecule has 1 N–H and O–H groups in total. The second kappa shape index (κ2) is 4.26. The van der Waals surface area contributed by atoms with E-state index >= 15 is 0 Å². The van der Waals surface area contributed by atoms with Crippen LogP contribution in [0.15, 0.2) is 12.2 Å². The molecule has 1 heterocycles. The largest absolute Gasteiger partial charge is 0.460 e. The summed E-state index contributed by atoms with van der Waals surface area (Å²) in [6.07, 6.45) is 0.715. The molecular weight excluding hydrogens is 182 g/mol. The SMILES string of the molecule is C=C(C)[C@H]1NC(=O)CC[C@@H]1OC(C)=O. The van der Waals surface area contributed by atoms with Crippen LogP contribution in [0, 0.1) is 0 Å². The van der Waals surface area contributed by atoms with Crippen molar-refractivity contribution >= 4 is 11.9 Å². The smallest absolute Gasteiger partial charge is 0.302 e. The van der Waals surface area contributed by atoms with E-state index in [4.69, 9.17) is 4.74 Å². The third-order valence-corrected chi connectivity index (χ3v) is 2.19. The zero-order valence-corrected chi connectivity index (χ0v) is 8.50. The van der Waals surface area contributed by atoms with Gasteiger partial charge in [-0.1, -0.05) is 12.2 Å². The second-order valence-electron chi connectivity index (χ2n) is 3.58. The first-order valence-electron chi connectivity index (χ1n) is 4.62. The topological polar surface area (TPSA) is 55.4 Å². The maximum atomic E-state index is 11.1. The highest BCUT2D eigenvalue weighted by molar-refractivity contribution is 5.78. The third kappa shape index (κ3) is 2.58. The molecule has 0 spiro atoms. The lowest BCUT2D eigenvalue weighted by Gasteiger charge is -2.31. The maximum absolute atomic E-state index is 11.1. The average molecular weight is 197 g/mol. The number of esters is 1.